The highest BCUT2D eigenvalue weighted by molar-refractivity contribution is 7.89. The van der Waals surface area contributed by atoms with Crippen molar-refractivity contribution >= 4 is 21.6 Å². The molecular formula is C21H28N4O4S. The zero-order chi connectivity index (χ0) is 21.7. The van der Waals surface area contributed by atoms with Crippen LogP contribution < -0.4 is 9.64 Å². The molecule has 162 valence electrons. The van der Waals surface area contributed by atoms with E-state index in [1.807, 2.05) is 4.68 Å². The molecule has 0 atom stereocenters. The summed E-state index contributed by atoms with van der Waals surface area (Å²) < 4.78 is 35.9. The van der Waals surface area contributed by atoms with Crippen LogP contribution in [0.3, 0.4) is 0 Å². The van der Waals surface area contributed by atoms with Crippen molar-refractivity contribution < 1.29 is 17.9 Å². The largest absolute Gasteiger partial charge is 0.495 e. The van der Waals surface area contributed by atoms with E-state index in [0.717, 1.165) is 17.7 Å². The van der Waals surface area contributed by atoms with Gasteiger partial charge in [0.05, 0.1) is 18.8 Å². The number of benzene rings is 1. The predicted octanol–water partition coefficient (Wildman–Crippen LogP) is 2.52. The fraction of sp³-hybridized carbons (Fsp3) is 0.524. The van der Waals surface area contributed by atoms with E-state index in [4.69, 9.17) is 4.74 Å². The van der Waals surface area contributed by atoms with Crippen molar-refractivity contribution in [1.29, 1.82) is 0 Å². The van der Waals surface area contributed by atoms with Gasteiger partial charge in [-0.3, -0.25) is 9.48 Å². The molecule has 0 radical (unpaired) electrons. The summed E-state index contributed by atoms with van der Waals surface area (Å²) in [6, 6.07) is 4.93. The predicted molar refractivity (Wildman–Crippen MR) is 113 cm³/mol. The van der Waals surface area contributed by atoms with Gasteiger partial charge >= 0.3 is 0 Å². The Morgan fingerprint density at radius 1 is 1.13 bits per heavy atom. The summed E-state index contributed by atoms with van der Waals surface area (Å²) in [6.45, 7) is 7.48. The maximum atomic E-state index is 13.5. The van der Waals surface area contributed by atoms with Crippen LogP contribution in [0.4, 0.5) is 5.69 Å². The number of rotatable bonds is 4. The number of anilines is 1. The van der Waals surface area contributed by atoms with Crippen molar-refractivity contribution in [2.24, 2.45) is 0 Å². The number of ether oxygens (including phenoxy) is 1. The lowest BCUT2D eigenvalue weighted by Gasteiger charge is -2.30. The molecule has 1 aromatic heterocycles. The monoisotopic (exact) mass is 432 g/mol. The minimum absolute atomic E-state index is 0.0146. The van der Waals surface area contributed by atoms with Gasteiger partial charge in [-0.05, 0) is 45.4 Å². The van der Waals surface area contributed by atoms with Crippen LogP contribution in [-0.4, -0.2) is 48.6 Å². The standard InChI is InChI=1S/C21H28N4O4S/c1-21(2,3)25-17-9-11-23(14-15(17)13-22-25)30(27,28)19-12-16(7-8-18(19)29-4)24-10-5-6-20(24)26/h7-8,12-13H,5-6,9-11,14H2,1-4H3. The number of nitrogens with zero attached hydrogens (tertiary/aromatic N) is 4. The Labute approximate surface area is 177 Å². The Morgan fingerprint density at radius 2 is 1.90 bits per heavy atom. The van der Waals surface area contributed by atoms with Crippen LogP contribution in [-0.2, 0) is 33.3 Å². The lowest BCUT2D eigenvalue weighted by molar-refractivity contribution is -0.117. The van der Waals surface area contributed by atoms with Crippen molar-refractivity contribution in [2.45, 2.75) is 57.0 Å². The highest BCUT2D eigenvalue weighted by atomic mass is 32.2. The van der Waals surface area contributed by atoms with Gasteiger partial charge in [0.25, 0.3) is 0 Å². The van der Waals surface area contributed by atoms with Gasteiger partial charge in [0.15, 0.2) is 0 Å². The van der Waals surface area contributed by atoms with Crippen molar-refractivity contribution in [3.8, 4) is 5.75 Å². The Morgan fingerprint density at radius 3 is 2.53 bits per heavy atom. The third-order valence-corrected chi connectivity index (χ3v) is 7.55. The minimum Gasteiger partial charge on any atom is -0.495 e. The highest BCUT2D eigenvalue weighted by Gasteiger charge is 2.34. The fourth-order valence-electron chi connectivity index (χ4n) is 4.18. The zero-order valence-corrected chi connectivity index (χ0v) is 18.7. The minimum atomic E-state index is -3.81. The van der Waals surface area contributed by atoms with E-state index in [9.17, 15) is 13.2 Å². The number of amides is 1. The number of aromatic nitrogens is 2. The van der Waals surface area contributed by atoms with Crippen LogP contribution >= 0.6 is 0 Å². The molecule has 30 heavy (non-hydrogen) atoms. The van der Waals surface area contributed by atoms with Gasteiger partial charge in [-0.2, -0.15) is 9.40 Å². The molecule has 2 aromatic rings. The summed E-state index contributed by atoms with van der Waals surface area (Å²) in [5.74, 6) is 0.294. The van der Waals surface area contributed by atoms with Crippen molar-refractivity contribution in [1.82, 2.24) is 14.1 Å². The third-order valence-electron chi connectivity index (χ3n) is 5.69. The maximum Gasteiger partial charge on any atom is 0.247 e. The number of sulfonamides is 1. The van der Waals surface area contributed by atoms with Gasteiger partial charge < -0.3 is 9.64 Å². The van der Waals surface area contributed by atoms with Gasteiger partial charge in [-0.1, -0.05) is 0 Å². The molecule has 3 heterocycles. The Kier molecular flexibility index (Phi) is 5.14. The molecule has 0 aliphatic carbocycles. The molecule has 0 saturated carbocycles. The van der Waals surface area contributed by atoms with Gasteiger partial charge in [0, 0.05) is 49.4 Å². The molecule has 8 nitrogen and oxygen atoms in total. The quantitative estimate of drug-likeness (QED) is 0.741. The van der Waals surface area contributed by atoms with E-state index in [1.165, 1.54) is 11.4 Å². The lowest BCUT2D eigenvalue weighted by atomic mass is 10.1. The van der Waals surface area contributed by atoms with Crippen molar-refractivity contribution in [2.75, 3.05) is 25.1 Å². The van der Waals surface area contributed by atoms with Crippen molar-refractivity contribution in [3.63, 3.8) is 0 Å². The van der Waals surface area contributed by atoms with Crippen LogP contribution in [0.25, 0.3) is 0 Å². The first-order valence-electron chi connectivity index (χ1n) is 10.2. The maximum absolute atomic E-state index is 13.5. The molecule has 1 aromatic carbocycles. The average Bonchev–Trinajstić information content (AvgIpc) is 3.32. The van der Waals surface area contributed by atoms with E-state index < -0.39 is 10.0 Å². The third kappa shape index (κ3) is 3.50. The van der Waals surface area contributed by atoms with Crippen molar-refractivity contribution in [3.05, 3.63) is 35.7 Å². The molecule has 0 spiro atoms. The van der Waals surface area contributed by atoms with Crippen LogP contribution in [0, 0.1) is 0 Å². The number of hydrogen-bond acceptors (Lipinski definition) is 5. The van der Waals surface area contributed by atoms with E-state index in [1.54, 1.807) is 29.3 Å². The Hall–Kier alpha value is -2.39. The summed E-state index contributed by atoms with van der Waals surface area (Å²) in [4.78, 5) is 13.9. The molecule has 1 amide bonds. The average molecular weight is 433 g/mol. The summed E-state index contributed by atoms with van der Waals surface area (Å²) in [5.41, 5.74) is 2.44. The first kappa shape index (κ1) is 20.9. The van der Waals surface area contributed by atoms with E-state index in [2.05, 4.69) is 25.9 Å². The first-order valence-corrected chi connectivity index (χ1v) is 11.6. The van der Waals surface area contributed by atoms with Gasteiger partial charge in [0.1, 0.15) is 10.6 Å². The second-order valence-corrected chi connectivity index (χ2v) is 10.7. The zero-order valence-electron chi connectivity index (χ0n) is 17.9. The summed E-state index contributed by atoms with van der Waals surface area (Å²) in [6.07, 6.45) is 3.62. The number of hydrogen-bond donors (Lipinski definition) is 0. The molecule has 1 fully saturated rings. The molecule has 4 rings (SSSR count). The molecule has 2 aliphatic rings. The topological polar surface area (TPSA) is 84.7 Å². The van der Waals surface area contributed by atoms with E-state index >= 15 is 0 Å². The molecule has 2 aliphatic heterocycles. The van der Waals surface area contributed by atoms with Crippen LogP contribution in [0.2, 0.25) is 0 Å². The fourth-order valence-corrected chi connectivity index (χ4v) is 5.78. The van der Waals surface area contributed by atoms with E-state index in [0.29, 0.717) is 31.6 Å². The molecule has 9 heteroatoms. The van der Waals surface area contributed by atoms with Gasteiger partial charge in [0.2, 0.25) is 15.9 Å². The summed E-state index contributed by atoms with van der Waals surface area (Å²) in [7, 11) is -2.35. The molecule has 1 saturated heterocycles. The number of carbonyl (C=O) groups excluding carboxylic acids is 1. The van der Waals surface area contributed by atoms with Gasteiger partial charge in [-0.25, -0.2) is 8.42 Å². The molecule has 0 N–H and O–H groups in total. The molecular weight excluding hydrogens is 404 g/mol. The Balaban J connectivity index is 1.68. The second kappa shape index (κ2) is 7.39. The lowest BCUT2D eigenvalue weighted by Crippen LogP contribution is -2.37. The van der Waals surface area contributed by atoms with E-state index in [-0.39, 0.29) is 28.6 Å². The molecule has 0 unspecified atom stereocenters. The number of fused-ring (bicyclic) bond motifs is 1. The summed E-state index contributed by atoms with van der Waals surface area (Å²) in [5, 5.41) is 4.49. The summed E-state index contributed by atoms with van der Waals surface area (Å²) >= 11 is 0. The Bertz CT molecular complexity index is 1080. The van der Waals surface area contributed by atoms with Crippen LogP contribution in [0.1, 0.15) is 44.9 Å². The number of methoxy groups -OCH3 is 1. The molecule has 0 bridgehead atoms. The number of carbonyl (C=O) groups is 1. The highest BCUT2D eigenvalue weighted by Crippen LogP contribution is 2.35. The van der Waals surface area contributed by atoms with Crippen LogP contribution in [0.5, 0.6) is 5.75 Å². The normalized spacial score (nSPS) is 18.0. The van der Waals surface area contributed by atoms with Crippen LogP contribution in [0.15, 0.2) is 29.3 Å². The first-order chi connectivity index (χ1) is 14.1. The second-order valence-electron chi connectivity index (χ2n) is 8.77. The SMILES string of the molecule is COc1ccc(N2CCCC2=O)cc1S(=O)(=O)N1CCc2c(cnn2C(C)(C)C)C1. The van der Waals surface area contributed by atoms with Gasteiger partial charge in [-0.15, -0.1) is 0 Å². The smallest absolute Gasteiger partial charge is 0.247 e.